The van der Waals surface area contributed by atoms with Gasteiger partial charge in [0.1, 0.15) is 0 Å². The van der Waals surface area contributed by atoms with Crippen molar-refractivity contribution in [1.29, 1.82) is 0 Å². The lowest BCUT2D eigenvalue weighted by molar-refractivity contribution is -0.119. The molecule has 4 rings (SSSR count). The fourth-order valence-corrected chi connectivity index (χ4v) is 4.04. The number of aromatic nitrogens is 2. The largest absolute Gasteiger partial charge is 0.345 e. The minimum Gasteiger partial charge on any atom is -0.345 e. The quantitative estimate of drug-likeness (QED) is 0.375. The van der Waals surface area contributed by atoms with Gasteiger partial charge in [0.05, 0.1) is 34.9 Å². The third-order valence-electron chi connectivity index (χ3n) is 5.02. The molecule has 32 heavy (non-hydrogen) atoms. The van der Waals surface area contributed by atoms with E-state index >= 15 is 0 Å². The SMILES string of the molecule is Cc1ccc(NC(=O)CSCC(=O)NC(c2ccccc2)c2ccc3nc[nH]c3c2)cc1. The van der Waals surface area contributed by atoms with E-state index in [1.165, 1.54) is 11.8 Å². The molecule has 7 heteroatoms. The van der Waals surface area contributed by atoms with Crippen LogP contribution in [0.25, 0.3) is 11.0 Å². The van der Waals surface area contributed by atoms with Crippen molar-refractivity contribution < 1.29 is 9.59 Å². The molecule has 3 N–H and O–H groups in total. The third kappa shape index (κ3) is 5.56. The van der Waals surface area contributed by atoms with Crippen molar-refractivity contribution in [2.45, 2.75) is 13.0 Å². The molecular weight excluding hydrogens is 420 g/mol. The first-order valence-electron chi connectivity index (χ1n) is 10.3. The van der Waals surface area contributed by atoms with Gasteiger partial charge in [-0.25, -0.2) is 4.98 Å². The first kappa shape index (κ1) is 21.6. The van der Waals surface area contributed by atoms with Gasteiger partial charge in [-0.05, 0) is 42.3 Å². The van der Waals surface area contributed by atoms with E-state index in [-0.39, 0.29) is 29.4 Å². The van der Waals surface area contributed by atoms with Crippen LogP contribution in [0.3, 0.4) is 0 Å². The Morgan fingerprint density at radius 1 is 0.938 bits per heavy atom. The normalized spacial score (nSPS) is 11.8. The average molecular weight is 445 g/mol. The van der Waals surface area contributed by atoms with Crippen LogP contribution in [0.4, 0.5) is 5.69 Å². The zero-order valence-electron chi connectivity index (χ0n) is 17.7. The highest BCUT2D eigenvalue weighted by molar-refractivity contribution is 8.00. The second-order valence-electron chi connectivity index (χ2n) is 7.50. The van der Waals surface area contributed by atoms with Crippen LogP contribution >= 0.6 is 11.8 Å². The first-order valence-corrected chi connectivity index (χ1v) is 11.5. The minimum atomic E-state index is -0.293. The van der Waals surface area contributed by atoms with Crippen molar-refractivity contribution in [3.05, 3.63) is 95.8 Å². The van der Waals surface area contributed by atoms with Gasteiger partial charge in [-0.2, -0.15) is 0 Å². The summed E-state index contributed by atoms with van der Waals surface area (Å²) in [6.45, 7) is 2.00. The molecule has 1 unspecified atom stereocenters. The number of fused-ring (bicyclic) bond motifs is 1. The van der Waals surface area contributed by atoms with Gasteiger partial charge in [0.2, 0.25) is 11.8 Å². The van der Waals surface area contributed by atoms with Crippen LogP contribution in [0.5, 0.6) is 0 Å². The van der Waals surface area contributed by atoms with E-state index in [2.05, 4.69) is 20.6 Å². The third-order valence-corrected chi connectivity index (χ3v) is 5.95. The molecule has 0 aliphatic heterocycles. The molecule has 1 heterocycles. The smallest absolute Gasteiger partial charge is 0.234 e. The van der Waals surface area contributed by atoms with Crippen LogP contribution in [0.1, 0.15) is 22.7 Å². The summed E-state index contributed by atoms with van der Waals surface area (Å²) in [6.07, 6.45) is 1.66. The maximum atomic E-state index is 12.7. The zero-order valence-corrected chi connectivity index (χ0v) is 18.5. The van der Waals surface area contributed by atoms with Gasteiger partial charge in [0, 0.05) is 5.69 Å². The molecule has 0 saturated heterocycles. The number of carbonyl (C=O) groups excluding carboxylic acids is 2. The Morgan fingerprint density at radius 3 is 2.47 bits per heavy atom. The van der Waals surface area contributed by atoms with E-state index in [4.69, 9.17) is 0 Å². The summed E-state index contributed by atoms with van der Waals surface area (Å²) in [4.78, 5) is 32.3. The Bertz CT molecular complexity index is 1210. The average Bonchev–Trinajstić information content (AvgIpc) is 3.27. The van der Waals surface area contributed by atoms with Gasteiger partial charge in [-0.15, -0.1) is 11.8 Å². The fourth-order valence-electron chi connectivity index (χ4n) is 3.41. The number of rotatable bonds is 8. The number of hydrogen-bond donors (Lipinski definition) is 3. The predicted molar refractivity (Wildman–Crippen MR) is 130 cm³/mol. The number of imidazole rings is 1. The number of anilines is 1. The van der Waals surface area contributed by atoms with Gasteiger partial charge in [-0.3, -0.25) is 9.59 Å². The Labute approximate surface area is 190 Å². The Kier molecular flexibility index (Phi) is 6.87. The number of carbonyl (C=O) groups is 2. The molecule has 0 aliphatic rings. The van der Waals surface area contributed by atoms with E-state index < -0.39 is 0 Å². The lowest BCUT2D eigenvalue weighted by atomic mass is 9.98. The maximum Gasteiger partial charge on any atom is 0.234 e. The number of nitrogens with one attached hydrogen (secondary N) is 3. The second-order valence-corrected chi connectivity index (χ2v) is 8.48. The Morgan fingerprint density at radius 2 is 1.69 bits per heavy atom. The molecular formula is C25H24N4O2S. The summed E-state index contributed by atoms with van der Waals surface area (Å²) in [6, 6.07) is 23.1. The molecule has 4 aromatic rings. The maximum absolute atomic E-state index is 12.7. The summed E-state index contributed by atoms with van der Waals surface area (Å²) in [5, 5.41) is 5.96. The highest BCUT2D eigenvalue weighted by Crippen LogP contribution is 2.24. The summed E-state index contributed by atoms with van der Waals surface area (Å²) in [7, 11) is 0. The second kappa shape index (κ2) is 10.2. The van der Waals surface area contributed by atoms with Crippen molar-refractivity contribution in [2.75, 3.05) is 16.8 Å². The van der Waals surface area contributed by atoms with Crippen LogP contribution in [0.15, 0.2) is 79.1 Å². The lowest BCUT2D eigenvalue weighted by Gasteiger charge is -2.20. The van der Waals surface area contributed by atoms with Gasteiger partial charge in [-0.1, -0.05) is 54.1 Å². The van der Waals surface area contributed by atoms with Crippen LogP contribution in [0, 0.1) is 6.92 Å². The van der Waals surface area contributed by atoms with Gasteiger partial charge in [0.25, 0.3) is 0 Å². The summed E-state index contributed by atoms with van der Waals surface area (Å²) >= 11 is 1.29. The topological polar surface area (TPSA) is 86.9 Å². The van der Waals surface area contributed by atoms with Gasteiger partial charge in [0.15, 0.2) is 0 Å². The van der Waals surface area contributed by atoms with E-state index in [0.717, 1.165) is 33.4 Å². The number of amides is 2. The number of aromatic amines is 1. The van der Waals surface area contributed by atoms with Gasteiger partial charge < -0.3 is 15.6 Å². The van der Waals surface area contributed by atoms with Crippen molar-refractivity contribution in [2.24, 2.45) is 0 Å². The van der Waals surface area contributed by atoms with Crippen LogP contribution in [-0.4, -0.2) is 33.3 Å². The van der Waals surface area contributed by atoms with Crippen LogP contribution in [-0.2, 0) is 9.59 Å². The highest BCUT2D eigenvalue weighted by Gasteiger charge is 2.18. The molecule has 1 atom stereocenters. The number of thioether (sulfide) groups is 1. The highest BCUT2D eigenvalue weighted by atomic mass is 32.2. The minimum absolute atomic E-state index is 0.128. The molecule has 0 aliphatic carbocycles. The molecule has 0 spiro atoms. The van der Waals surface area contributed by atoms with Crippen molar-refractivity contribution in [3.63, 3.8) is 0 Å². The Balaban J connectivity index is 1.37. The molecule has 0 saturated carbocycles. The van der Waals surface area contributed by atoms with Crippen molar-refractivity contribution >= 4 is 40.3 Å². The number of benzene rings is 3. The van der Waals surface area contributed by atoms with Gasteiger partial charge >= 0.3 is 0 Å². The zero-order chi connectivity index (χ0) is 22.3. The molecule has 3 aromatic carbocycles. The summed E-state index contributed by atoms with van der Waals surface area (Å²) < 4.78 is 0. The lowest BCUT2D eigenvalue weighted by Crippen LogP contribution is -2.31. The number of hydrogen-bond acceptors (Lipinski definition) is 4. The fraction of sp³-hybridized carbons (Fsp3) is 0.160. The summed E-state index contributed by atoms with van der Waals surface area (Å²) in [5.74, 6) is 0.140. The van der Waals surface area contributed by atoms with Crippen LogP contribution < -0.4 is 10.6 Å². The Hall–Kier alpha value is -3.58. The summed E-state index contributed by atoms with van der Waals surface area (Å²) in [5.41, 5.74) is 5.63. The molecule has 6 nitrogen and oxygen atoms in total. The number of nitrogens with zero attached hydrogens (tertiary/aromatic N) is 1. The molecule has 1 aromatic heterocycles. The van der Waals surface area contributed by atoms with E-state index in [9.17, 15) is 9.59 Å². The molecule has 2 amide bonds. The number of aryl methyl sites for hydroxylation is 1. The van der Waals surface area contributed by atoms with Crippen LogP contribution in [0.2, 0.25) is 0 Å². The van der Waals surface area contributed by atoms with Crippen molar-refractivity contribution in [1.82, 2.24) is 15.3 Å². The monoisotopic (exact) mass is 444 g/mol. The van der Waals surface area contributed by atoms with E-state index in [1.807, 2.05) is 79.7 Å². The molecule has 0 radical (unpaired) electrons. The van der Waals surface area contributed by atoms with E-state index in [0.29, 0.717) is 0 Å². The molecule has 0 bridgehead atoms. The van der Waals surface area contributed by atoms with Crippen molar-refractivity contribution in [3.8, 4) is 0 Å². The molecule has 0 fully saturated rings. The standard InChI is InChI=1S/C25H24N4O2S/c1-17-7-10-20(11-8-17)28-23(30)14-32-15-24(31)29-25(18-5-3-2-4-6-18)19-9-12-21-22(13-19)27-16-26-21/h2-13,16,25H,14-15H2,1H3,(H,26,27)(H,28,30)(H,29,31). The van der Waals surface area contributed by atoms with E-state index in [1.54, 1.807) is 6.33 Å². The number of H-pyrrole nitrogens is 1. The predicted octanol–water partition coefficient (Wildman–Crippen LogP) is 4.45. The first-order chi connectivity index (χ1) is 15.6. The molecule has 162 valence electrons.